The molecule has 0 radical (unpaired) electrons. The molecule has 0 saturated heterocycles. The molecule has 1 atom stereocenters. The largest absolute Gasteiger partial charge is 0.508 e. The average molecular weight is 456 g/mol. The first-order valence-electron chi connectivity index (χ1n) is 11.9. The predicted molar refractivity (Wildman–Crippen MR) is 139 cm³/mol. The molecule has 0 bridgehead atoms. The van der Waals surface area contributed by atoms with E-state index >= 15 is 0 Å². The van der Waals surface area contributed by atoms with Gasteiger partial charge in [-0.1, -0.05) is 67.6 Å². The number of aromatic nitrogens is 1. The molecule has 5 nitrogen and oxygen atoms in total. The minimum atomic E-state index is -0.158. The molecule has 0 aliphatic heterocycles. The number of aromatic hydroxyl groups is 1. The minimum Gasteiger partial charge on any atom is -0.508 e. The van der Waals surface area contributed by atoms with E-state index in [9.17, 15) is 9.90 Å². The Morgan fingerprint density at radius 2 is 1.59 bits per heavy atom. The van der Waals surface area contributed by atoms with Gasteiger partial charge in [0.05, 0.1) is 0 Å². The van der Waals surface area contributed by atoms with Crippen LogP contribution in [0, 0.1) is 0 Å². The summed E-state index contributed by atoms with van der Waals surface area (Å²) in [4.78, 5) is 15.8. The predicted octanol–water partition coefficient (Wildman–Crippen LogP) is 5.23. The van der Waals surface area contributed by atoms with Crippen LogP contribution in [0.3, 0.4) is 0 Å². The van der Waals surface area contributed by atoms with Crippen LogP contribution in [-0.2, 0) is 6.54 Å². The third kappa shape index (κ3) is 4.85. The summed E-state index contributed by atoms with van der Waals surface area (Å²) in [6.07, 6.45) is 0.874. The summed E-state index contributed by atoms with van der Waals surface area (Å²) in [6, 6.07) is 25.9. The summed E-state index contributed by atoms with van der Waals surface area (Å²) < 4.78 is 2.17. The molecule has 0 fully saturated rings. The third-order valence-corrected chi connectivity index (χ3v) is 6.18. The smallest absolute Gasteiger partial charge is 0.268 e. The Kier molecular flexibility index (Phi) is 7.33. The van der Waals surface area contributed by atoms with Crippen LogP contribution in [0.15, 0.2) is 78.9 Å². The number of nitrogens with zero attached hydrogens (tertiary/aromatic N) is 2. The van der Waals surface area contributed by atoms with Gasteiger partial charge in [-0.05, 0) is 49.8 Å². The van der Waals surface area contributed by atoms with Crippen LogP contribution in [0.4, 0.5) is 0 Å². The lowest BCUT2D eigenvalue weighted by Gasteiger charge is -2.21. The fourth-order valence-electron chi connectivity index (χ4n) is 4.56. The molecular formula is C29H33N3O2. The zero-order chi connectivity index (χ0) is 24.1. The zero-order valence-electron chi connectivity index (χ0n) is 20.2. The number of fused-ring (bicyclic) bond motifs is 1. The number of benzene rings is 3. The second kappa shape index (κ2) is 10.6. The lowest BCUT2D eigenvalue weighted by Crippen LogP contribution is -2.29. The molecule has 1 unspecified atom stereocenters. The van der Waals surface area contributed by atoms with Gasteiger partial charge < -0.3 is 19.9 Å². The van der Waals surface area contributed by atoms with Crippen molar-refractivity contribution in [3.8, 4) is 5.75 Å². The maximum Gasteiger partial charge on any atom is 0.268 e. The SMILES string of the molecule is CCCNC(=O)c1c(C(c2ccccc2)c2ccc(O)cc2)c2ccccc2n1CCN(C)C. The van der Waals surface area contributed by atoms with E-state index in [0.717, 1.165) is 40.6 Å². The maximum atomic E-state index is 13.7. The molecule has 34 heavy (non-hydrogen) atoms. The van der Waals surface area contributed by atoms with Gasteiger partial charge in [0, 0.05) is 42.0 Å². The van der Waals surface area contributed by atoms with Crippen LogP contribution in [0.2, 0.25) is 0 Å². The number of carbonyl (C=O) groups excluding carboxylic acids is 1. The summed E-state index contributed by atoms with van der Waals surface area (Å²) in [7, 11) is 4.10. The minimum absolute atomic E-state index is 0.0495. The third-order valence-electron chi connectivity index (χ3n) is 6.18. The lowest BCUT2D eigenvalue weighted by atomic mass is 9.83. The van der Waals surface area contributed by atoms with E-state index in [2.05, 4.69) is 46.0 Å². The summed E-state index contributed by atoms with van der Waals surface area (Å²) in [6.45, 7) is 4.22. The molecule has 0 saturated carbocycles. The molecule has 0 spiro atoms. The Morgan fingerprint density at radius 1 is 0.941 bits per heavy atom. The first-order valence-corrected chi connectivity index (χ1v) is 11.9. The molecular weight excluding hydrogens is 422 g/mol. The number of amides is 1. The number of hydrogen-bond acceptors (Lipinski definition) is 3. The molecule has 2 N–H and O–H groups in total. The van der Waals surface area contributed by atoms with Gasteiger partial charge in [-0.2, -0.15) is 0 Å². The summed E-state index contributed by atoms with van der Waals surface area (Å²) >= 11 is 0. The van der Waals surface area contributed by atoms with Crippen LogP contribution in [0.25, 0.3) is 10.9 Å². The molecule has 1 amide bonds. The topological polar surface area (TPSA) is 57.5 Å². The van der Waals surface area contributed by atoms with Gasteiger partial charge in [0.2, 0.25) is 0 Å². The quantitative estimate of drug-likeness (QED) is 0.363. The molecule has 0 aliphatic carbocycles. The molecule has 0 aliphatic rings. The van der Waals surface area contributed by atoms with Crippen molar-refractivity contribution in [3.05, 3.63) is 101 Å². The molecule has 176 valence electrons. The highest BCUT2D eigenvalue weighted by Crippen LogP contribution is 2.40. The van der Waals surface area contributed by atoms with Crippen LogP contribution in [-0.4, -0.2) is 47.7 Å². The number of nitrogens with one attached hydrogen (secondary N) is 1. The molecule has 1 heterocycles. The molecule has 4 aromatic rings. The Morgan fingerprint density at radius 3 is 2.26 bits per heavy atom. The Hall–Kier alpha value is -3.57. The highest BCUT2D eigenvalue weighted by molar-refractivity contribution is 6.02. The van der Waals surface area contributed by atoms with Crippen molar-refractivity contribution in [2.24, 2.45) is 0 Å². The molecule has 4 rings (SSSR count). The first kappa shape index (κ1) is 23.6. The van der Waals surface area contributed by atoms with Crippen LogP contribution in [0.1, 0.15) is 46.4 Å². The molecule has 5 heteroatoms. The maximum absolute atomic E-state index is 13.7. The van der Waals surface area contributed by atoms with Crippen molar-refractivity contribution in [1.82, 2.24) is 14.8 Å². The van der Waals surface area contributed by atoms with E-state index in [1.54, 1.807) is 12.1 Å². The monoisotopic (exact) mass is 455 g/mol. The number of carbonyl (C=O) groups is 1. The lowest BCUT2D eigenvalue weighted by molar-refractivity contribution is 0.0943. The van der Waals surface area contributed by atoms with E-state index in [1.807, 2.05) is 56.6 Å². The molecule has 1 aromatic heterocycles. The van der Waals surface area contributed by atoms with E-state index in [4.69, 9.17) is 0 Å². The second-order valence-electron chi connectivity index (χ2n) is 8.93. The van der Waals surface area contributed by atoms with E-state index in [0.29, 0.717) is 18.8 Å². The molecule has 3 aromatic carbocycles. The van der Waals surface area contributed by atoms with Crippen molar-refractivity contribution < 1.29 is 9.90 Å². The van der Waals surface area contributed by atoms with Gasteiger partial charge >= 0.3 is 0 Å². The number of para-hydroxylation sites is 1. The van der Waals surface area contributed by atoms with Crippen LogP contribution < -0.4 is 5.32 Å². The number of likely N-dealkylation sites (N-methyl/N-ethyl adjacent to an activating group) is 1. The first-order chi connectivity index (χ1) is 16.5. The van der Waals surface area contributed by atoms with Gasteiger partial charge in [-0.3, -0.25) is 4.79 Å². The number of phenols is 1. The van der Waals surface area contributed by atoms with Gasteiger partial charge in [0.25, 0.3) is 5.91 Å². The van der Waals surface area contributed by atoms with E-state index in [-0.39, 0.29) is 17.6 Å². The second-order valence-corrected chi connectivity index (χ2v) is 8.93. The fraction of sp³-hybridized carbons (Fsp3) is 0.276. The average Bonchev–Trinajstić information content (AvgIpc) is 3.17. The van der Waals surface area contributed by atoms with Crippen LogP contribution >= 0.6 is 0 Å². The highest BCUT2D eigenvalue weighted by Gasteiger charge is 2.30. The Labute approximate surface area is 201 Å². The normalized spacial score (nSPS) is 12.2. The highest BCUT2D eigenvalue weighted by atomic mass is 16.3. The van der Waals surface area contributed by atoms with Crippen molar-refractivity contribution in [2.45, 2.75) is 25.8 Å². The van der Waals surface area contributed by atoms with E-state index in [1.165, 1.54) is 0 Å². The fourth-order valence-corrected chi connectivity index (χ4v) is 4.56. The summed E-state index contributed by atoms with van der Waals surface area (Å²) in [5.41, 5.74) is 4.90. The van der Waals surface area contributed by atoms with Gasteiger partial charge in [0.1, 0.15) is 11.4 Å². The Bertz CT molecular complexity index is 1240. The van der Waals surface area contributed by atoms with Crippen LogP contribution in [0.5, 0.6) is 5.75 Å². The summed E-state index contributed by atoms with van der Waals surface area (Å²) in [5.74, 6) is 0.0195. The van der Waals surface area contributed by atoms with Crippen molar-refractivity contribution in [3.63, 3.8) is 0 Å². The standard InChI is InChI=1S/C29H33N3O2/c1-4-18-30-29(34)28-27(24-12-8-9-13-25(24)32(28)20-19-31(2)3)26(21-10-6-5-7-11-21)22-14-16-23(33)17-15-22/h5-17,26,33H,4,18-20H2,1-3H3,(H,30,34). The van der Waals surface area contributed by atoms with Crippen molar-refractivity contribution in [1.29, 1.82) is 0 Å². The van der Waals surface area contributed by atoms with Crippen molar-refractivity contribution >= 4 is 16.8 Å². The Balaban J connectivity index is 2.02. The number of phenolic OH excluding ortho intramolecular Hbond substituents is 1. The number of hydrogen-bond donors (Lipinski definition) is 2. The van der Waals surface area contributed by atoms with Gasteiger partial charge in [-0.15, -0.1) is 0 Å². The summed E-state index contributed by atoms with van der Waals surface area (Å²) in [5, 5.41) is 14.1. The van der Waals surface area contributed by atoms with Crippen molar-refractivity contribution in [2.75, 3.05) is 27.2 Å². The number of rotatable bonds is 9. The van der Waals surface area contributed by atoms with E-state index < -0.39 is 0 Å². The zero-order valence-corrected chi connectivity index (χ0v) is 20.2. The van der Waals surface area contributed by atoms with Gasteiger partial charge in [0.15, 0.2) is 0 Å². The van der Waals surface area contributed by atoms with Gasteiger partial charge in [-0.25, -0.2) is 0 Å².